The van der Waals surface area contributed by atoms with Crippen molar-refractivity contribution in [2.75, 3.05) is 26.2 Å². The third-order valence-corrected chi connectivity index (χ3v) is 3.82. The number of piperazine rings is 1. The van der Waals surface area contributed by atoms with Crippen LogP contribution in [0, 0.1) is 0 Å². The number of benzene rings is 1. The van der Waals surface area contributed by atoms with Crippen LogP contribution in [-0.4, -0.2) is 37.0 Å². The van der Waals surface area contributed by atoms with Gasteiger partial charge in [-0.2, -0.15) is 0 Å². The van der Waals surface area contributed by atoms with Gasteiger partial charge in [-0.15, -0.1) is 0 Å². The van der Waals surface area contributed by atoms with Crippen LogP contribution in [0.4, 0.5) is 0 Å². The normalized spacial score (nSPS) is 16.7. The van der Waals surface area contributed by atoms with Gasteiger partial charge in [-0.05, 0) is 25.5 Å². The van der Waals surface area contributed by atoms with Crippen molar-refractivity contribution in [1.82, 2.24) is 10.2 Å². The zero-order valence-corrected chi connectivity index (χ0v) is 11.6. The summed E-state index contributed by atoms with van der Waals surface area (Å²) in [5, 5.41) is 3.91. The van der Waals surface area contributed by atoms with Crippen LogP contribution in [-0.2, 0) is 10.2 Å². The Hall–Kier alpha value is -1.06. The zero-order valence-electron chi connectivity index (χ0n) is 10.9. The highest BCUT2D eigenvalue weighted by Crippen LogP contribution is 2.31. The summed E-state index contributed by atoms with van der Waals surface area (Å²) in [6.45, 7) is 7.16. The second kappa shape index (κ2) is 5.29. The Morgan fingerprint density at radius 2 is 1.89 bits per heavy atom. The molecule has 0 aromatic heterocycles. The summed E-state index contributed by atoms with van der Waals surface area (Å²) in [7, 11) is 0. The largest absolute Gasteiger partial charge is 0.339 e. The minimum absolute atomic E-state index is 0.150. The van der Waals surface area contributed by atoms with Gasteiger partial charge in [-0.25, -0.2) is 0 Å². The molecule has 1 N–H and O–H groups in total. The van der Waals surface area contributed by atoms with Crippen LogP contribution in [0.5, 0.6) is 0 Å². The standard InChI is InChI=1S/C14H19ClN2O/c1-14(2,11-5-3-4-6-12(11)15)13(18)17-9-7-16-8-10-17/h3-6,16H,7-10H2,1-2H3. The smallest absolute Gasteiger partial charge is 0.232 e. The predicted octanol–water partition coefficient (Wildman–Crippen LogP) is 2.05. The van der Waals surface area contributed by atoms with Gasteiger partial charge < -0.3 is 10.2 Å². The lowest BCUT2D eigenvalue weighted by Gasteiger charge is -2.35. The summed E-state index contributed by atoms with van der Waals surface area (Å²) in [5.41, 5.74) is 0.325. The fraction of sp³-hybridized carbons (Fsp3) is 0.500. The molecule has 0 atom stereocenters. The maximum absolute atomic E-state index is 12.6. The lowest BCUT2D eigenvalue weighted by Crippen LogP contribution is -2.51. The first-order valence-corrected chi connectivity index (χ1v) is 6.66. The van der Waals surface area contributed by atoms with Crippen LogP contribution in [0.3, 0.4) is 0 Å². The summed E-state index contributed by atoms with van der Waals surface area (Å²) in [6, 6.07) is 7.58. The van der Waals surface area contributed by atoms with Crippen LogP contribution in [0.25, 0.3) is 0 Å². The minimum atomic E-state index is -0.574. The molecule has 1 amide bonds. The Morgan fingerprint density at radius 3 is 2.50 bits per heavy atom. The molecule has 1 aromatic carbocycles. The van der Waals surface area contributed by atoms with Gasteiger partial charge in [-0.3, -0.25) is 4.79 Å². The highest BCUT2D eigenvalue weighted by atomic mass is 35.5. The first-order valence-electron chi connectivity index (χ1n) is 6.28. The number of carbonyl (C=O) groups is 1. The van der Waals surface area contributed by atoms with Gasteiger partial charge in [-0.1, -0.05) is 29.8 Å². The van der Waals surface area contributed by atoms with Crippen molar-refractivity contribution in [2.45, 2.75) is 19.3 Å². The number of rotatable bonds is 2. The predicted molar refractivity (Wildman–Crippen MR) is 73.9 cm³/mol. The van der Waals surface area contributed by atoms with Crippen molar-refractivity contribution < 1.29 is 4.79 Å². The fourth-order valence-electron chi connectivity index (χ4n) is 2.35. The van der Waals surface area contributed by atoms with E-state index in [2.05, 4.69) is 5.32 Å². The van der Waals surface area contributed by atoms with E-state index in [1.807, 2.05) is 43.0 Å². The van der Waals surface area contributed by atoms with Crippen LogP contribution in [0.15, 0.2) is 24.3 Å². The monoisotopic (exact) mass is 266 g/mol. The van der Waals surface area contributed by atoms with E-state index < -0.39 is 5.41 Å². The van der Waals surface area contributed by atoms with Crippen molar-refractivity contribution in [2.24, 2.45) is 0 Å². The van der Waals surface area contributed by atoms with Crippen molar-refractivity contribution in [1.29, 1.82) is 0 Å². The Bertz CT molecular complexity index is 439. The van der Waals surface area contributed by atoms with Crippen LogP contribution < -0.4 is 5.32 Å². The van der Waals surface area contributed by atoms with E-state index in [0.717, 1.165) is 31.7 Å². The molecule has 1 heterocycles. The maximum atomic E-state index is 12.6. The van der Waals surface area contributed by atoms with Gasteiger partial charge in [0.15, 0.2) is 0 Å². The third kappa shape index (κ3) is 2.52. The molecule has 1 fully saturated rings. The van der Waals surface area contributed by atoms with Crippen molar-refractivity contribution >= 4 is 17.5 Å². The van der Waals surface area contributed by atoms with Crippen molar-refractivity contribution in [3.8, 4) is 0 Å². The lowest BCUT2D eigenvalue weighted by molar-refractivity contribution is -0.136. The van der Waals surface area contributed by atoms with Crippen molar-refractivity contribution in [3.63, 3.8) is 0 Å². The number of hydrogen-bond acceptors (Lipinski definition) is 2. The summed E-state index contributed by atoms with van der Waals surface area (Å²) >= 11 is 6.21. The Morgan fingerprint density at radius 1 is 1.28 bits per heavy atom. The number of nitrogens with zero attached hydrogens (tertiary/aromatic N) is 1. The first-order chi connectivity index (χ1) is 8.53. The molecule has 4 heteroatoms. The van der Waals surface area contributed by atoms with E-state index in [-0.39, 0.29) is 5.91 Å². The average molecular weight is 267 g/mol. The third-order valence-electron chi connectivity index (χ3n) is 3.49. The number of hydrogen-bond donors (Lipinski definition) is 1. The number of carbonyl (C=O) groups excluding carboxylic acids is 1. The molecule has 0 bridgehead atoms. The minimum Gasteiger partial charge on any atom is -0.339 e. The summed E-state index contributed by atoms with van der Waals surface area (Å²) in [4.78, 5) is 14.5. The lowest BCUT2D eigenvalue weighted by atomic mass is 9.83. The van der Waals surface area contributed by atoms with E-state index in [4.69, 9.17) is 11.6 Å². The molecule has 1 aliphatic heterocycles. The second-order valence-corrected chi connectivity index (χ2v) is 5.55. The number of amides is 1. The summed E-state index contributed by atoms with van der Waals surface area (Å²) in [6.07, 6.45) is 0. The Balaban J connectivity index is 2.24. The first kappa shape index (κ1) is 13.4. The highest BCUT2D eigenvalue weighted by Gasteiger charge is 2.35. The molecule has 0 aliphatic carbocycles. The topological polar surface area (TPSA) is 32.3 Å². The molecule has 0 radical (unpaired) electrons. The van der Waals surface area contributed by atoms with Gasteiger partial charge in [0.25, 0.3) is 0 Å². The van der Waals surface area contributed by atoms with Gasteiger partial charge in [0.2, 0.25) is 5.91 Å². The summed E-state index contributed by atoms with van der Waals surface area (Å²) < 4.78 is 0. The second-order valence-electron chi connectivity index (χ2n) is 5.15. The van der Waals surface area contributed by atoms with E-state index >= 15 is 0 Å². The average Bonchev–Trinajstić information content (AvgIpc) is 2.39. The highest BCUT2D eigenvalue weighted by molar-refractivity contribution is 6.31. The SMILES string of the molecule is CC(C)(C(=O)N1CCNCC1)c1ccccc1Cl. The Labute approximate surface area is 113 Å². The zero-order chi connectivity index (χ0) is 13.2. The van der Waals surface area contributed by atoms with Crippen LogP contribution in [0.1, 0.15) is 19.4 Å². The van der Waals surface area contributed by atoms with E-state index in [1.54, 1.807) is 0 Å². The van der Waals surface area contributed by atoms with Gasteiger partial charge in [0, 0.05) is 31.2 Å². The fourth-order valence-corrected chi connectivity index (χ4v) is 2.72. The van der Waals surface area contributed by atoms with Crippen molar-refractivity contribution in [3.05, 3.63) is 34.9 Å². The molecule has 18 heavy (non-hydrogen) atoms. The molecule has 1 saturated heterocycles. The summed E-state index contributed by atoms with van der Waals surface area (Å²) in [5.74, 6) is 0.150. The molecule has 1 aliphatic rings. The van der Waals surface area contributed by atoms with Crippen LogP contribution >= 0.6 is 11.6 Å². The molecule has 0 saturated carbocycles. The molecular weight excluding hydrogens is 248 g/mol. The Kier molecular flexibility index (Phi) is 3.93. The number of halogens is 1. The molecule has 98 valence electrons. The molecule has 0 unspecified atom stereocenters. The van der Waals surface area contributed by atoms with E-state index in [0.29, 0.717) is 5.02 Å². The van der Waals surface area contributed by atoms with Gasteiger partial charge in [0.05, 0.1) is 5.41 Å². The molecule has 2 rings (SSSR count). The van der Waals surface area contributed by atoms with E-state index in [1.165, 1.54) is 0 Å². The van der Waals surface area contributed by atoms with E-state index in [9.17, 15) is 4.79 Å². The maximum Gasteiger partial charge on any atom is 0.232 e. The molecule has 3 nitrogen and oxygen atoms in total. The molecular formula is C14H19ClN2O. The van der Waals surface area contributed by atoms with Crippen LogP contribution in [0.2, 0.25) is 5.02 Å². The quantitative estimate of drug-likeness (QED) is 0.889. The van der Waals surface area contributed by atoms with Gasteiger partial charge in [0.1, 0.15) is 0 Å². The number of nitrogens with one attached hydrogen (secondary N) is 1. The molecule has 1 aromatic rings. The molecule has 0 spiro atoms. The van der Waals surface area contributed by atoms with Gasteiger partial charge >= 0.3 is 0 Å².